The second-order valence-electron chi connectivity index (χ2n) is 2.86. The second-order valence-corrected chi connectivity index (χ2v) is 5.16. The first-order valence-corrected chi connectivity index (χ1v) is 6.01. The van der Waals surface area contributed by atoms with E-state index in [1.54, 1.807) is 0 Å². The van der Waals surface area contributed by atoms with Crippen LogP contribution in [0.3, 0.4) is 0 Å². The minimum atomic E-state index is -4.03. The minimum absolute atomic E-state index is 0.176. The van der Waals surface area contributed by atoms with Gasteiger partial charge in [-0.15, -0.1) is 0 Å². The van der Waals surface area contributed by atoms with Crippen LogP contribution in [-0.2, 0) is 14.0 Å². The predicted molar refractivity (Wildman–Crippen MR) is 48.7 cm³/mol. The van der Waals surface area contributed by atoms with Crippen molar-refractivity contribution in [2.24, 2.45) is 5.92 Å². The molecule has 0 aromatic rings. The standard InChI is InChI=1S/C6H12ClNO4S/c1-5(2)3-4-12-6(9)8-13(7,10)11/h5H,3-4H2,1-2H3,(H,8,9). The molecule has 0 radical (unpaired) electrons. The minimum Gasteiger partial charge on any atom is -0.449 e. The lowest BCUT2D eigenvalue weighted by Crippen LogP contribution is -2.27. The lowest BCUT2D eigenvalue weighted by molar-refractivity contribution is 0.147. The normalized spacial score (nSPS) is 11.4. The van der Waals surface area contributed by atoms with Gasteiger partial charge in [-0.1, -0.05) is 13.8 Å². The van der Waals surface area contributed by atoms with Gasteiger partial charge >= 0.3 is 15.3 Å². The second kappa shape index (κ2) is 5.29. The number of ether oxygens (including phenoxy) is 1. The van der Waals surface area contributed by atoms with Crippen LogP contribution in [0.25, 0.3) is 0 Å². The Morgan fingerprint density at radius 3 is 2.46 bits per heavy atom. The zero-order chi connectivity index (χ0) is 10.5. The lowest BCUT2D eigenvalue weighted by Gasteiger charge is -2.05. The van der Waals surface area contributed by atoms with Crippen LogP contribution in [0.2, 0.25) is 0 Å². The number of amides is 1. The molecule has 78 valence electrons. The molecule has 0 aliphatic rings. The van der Waals surface area contributed by atoms with Crippen molar-refractivity contribution in [2.75, 3.05) is 6.61 Å². The van der Waals surface area contributed by atoms with Crippen LogP contribution in [-0.4, -0.2) is 21.1 Å². The molecule has 0 aromatic carbocycles. The summed E-state index contributed by atoms with van der Waals surface area (Å²) < 4.78 is 26.6. The predicted octanol–water partition coefficient (Wildman–Crippen LogP) is 1.24. The Morgan fingerprint density at radius 1 is 1.54 bits per heavy atom. The third-order valence-electron chi connectivity index (χ3n) is 1.13. The van der Waals surface area contributed by atoms with Crippen molar-refractivity contribution < 1.29 is 17.9 Å². The number of hydrogen-bond donors (Lipinski definition) is 1. The third kappa shape index (κ3) is 9.42. The topological polar surface area (TPSA) is 72.5 Å². The first kappa shape index (κ1) is 12.5. The summed E-state index contributed by atoms with van der Waals surface area (Å²) in [5, 5.41) is 0. The molecule has 5 nitrogen and oxygen atoms in total. The van der Waals surface area contributed by atoms with Crippen LogP contribution in [0.5, 0.6) is 0 Å². The highest BCUT2D eigenvalue weighted by atomic mass is 35.7. The molecule has 0 fully saturated rings. The van der Waals surface area contributed by atoms with Crippen LogP contribution >= 0.6 is 10.7 Å². The summed E-state index contributed by atoms with van der Waals surface area (Å²) in [6.45, 7) is 4.09. The summed E-state index contributed by atoms with van der Waals surface area (Å²) in [5.74, 6) is 0.389. The molecule has 0 rings (SSSR count). The maximum atomic E-state index is 10.6. The van der Waals surface area contributed by atoms with Crippen molar-refractivity contribution in [2.45, 2.75) is 20.3 Å². The highest BCUT2D eigenvalue weighted by Gasteiger charge is 2.11. The summed E-state index contributed by atoms with van der Waals surface area (Å²) in [6, 6.07) is 0. The van der Waals surface area contributed by atoms with Gasteiger partial charge in [0, 0.05) is 10.7 Å². The van der Waals surface area contributed by atoms with Gasteiger partial charge in [-0.2, -0.15) is 8.42 Å². The molecule has 13 heavy (non-hydrogen) atoms. The van der Waals surface area contributed by atoms with E-state index in [0.29, 0.717) is 12.3 Å². The highest BCUT2D eigenvalue weighted by molar-refractivity contribution is 8.12. The van der Waals surface area contributed by atoms with Gasteiger partial charge in [0.2, 0.25) is 0 Å². The van der Waals surface area contributed by atoms with Crippen LogP contribution in [0.1, 0.15) is 20.3 Å². The van der Waals surface area contributed by atoms with E-state index < -0.39 is 15.3 Å². The van der Waals surface area contributed by atoms with Gasteiger partial charge < -0.3 is 4.74 Å². The number of carbonyl (C=O) groups is 1. The summed E-state index contributed by atoms with van der Waals surface area (Å²) >= 11 is 0. The lowest BCUT2D eigenvalue weighted by atomic mass is 10.1. The van der Waals surface area contributed by atoms with Gasteiger partial charge in [-0.05, 0) is 12.3 Å². The molecule has 0 bridgehead atoms. The van der Waals surface area contributed by atoms with Gasteiger partial charge in [0.05, 0.1) is 6.61 Å². The zero-order valence-corrected chi connectivity index (χ0v) is 8.98. The van der Waals surface area contributed by atoms with E-state index in [2.05, 4.69) is 4.74 Å². The Labute approximate surface area is 82.0 Å². The van der Waals surface area contributed by atoms with E-state index >= 15 is 0 Å². The van der Waals surface area contributed by atoms with Crippen LogP contribution in [0.15, 0.2) is 0 Å². The highest BCUT2D eigenvalue weighted by Crippen LogP contribution is 1.99. The molecule has 1 N–H and O–H groups in total. The van der Waals surface area contributed by atoms with Crippen LogP contribution in [0, 0.1) is 5.92 Å². The molecule has 0 atom stereocenters. The van der Waals surface area contributed by atoms with E-state index in [-0.39, 0.29) is 6.61 Å². The average Bonchev–Trinajstić information content (AvgIpc) is 1.81. The van der Waals surface area contributed by atoms with Crippen molar-refractivity contribution in [3.63, 3.8) is 0 Å². The molecule has 0 unspecified atom stereocenters. The summed E-state index contributed by atoms with van der Waals surface area (Å²) in [6.07, 6.45) is -0.369. The first-order valence-electron chi connectivity index (χ1n) is 3.70. The fraction of sp³-hybridized carbons (Fsp3) is 0.833. The molecule has 0 heterocycles. The number of nitrogens with one attached hydrogen (secondary N) is 1. The summed E-state index contributed by atoms with van der Waals surface area (Å²) in [4.78, 5) is 10.6. The van der Waals surface area contributed by atoms with Crippen molar-refractivity contribution in [3.05, 3.63) is 0 Å². The number of carbonyl (C=O) groups excluding carboxylic acids is 1. The van der Waals surface area contributed by atoms with E-state index in [9.17, 15) is 13.2 Å². The van der Waals surface area contributed by atoms with Crippen molar-refractivity contribution in [1.29, 1.82) is 0 Å². The number of halogens is 1. The molecule has 0 spiro atoms. The summed E-state index contributed by atoms with van der Waals surface area (Å²) in [7, 11) is 0.703. The Kier molecular flexibility index (Phi) is 5.09. The Balaban J connectivity index is 3.65. The number of rotatable bonds is 4. The molecule has 0 aromatic heterocycles. The van der Waals surface area contributed by atoms with Gasteiger partial charge in [-0.25, -0.2) is 9.52 Å². The van der Waals surface area contributed by atoms with Crippen molar-refractivity contribution in [3.8, 4) is 0 Å². The monoisotopic (exact) mass is 229 g/mol. The van der Waals surface area contributed by atoms with E-state index in [1.165, 1.54) is 4.72 Å². The van der Waals surface area contributed by atoms with Crippen molar-refractivity contribution in [1.82, 2.24) is 4.72 Å². The maximum Gasteiger partial charge on any atom is 0.421 e. The van der Waals surface area contributed by atoms with Crippen molar-refractivity contribution >= 4 is 26.0 Å². The third-order valence-corrected chi connectivity index (χ3v) is 1.78. The first-order chi connectivity index (χ1) is 5.81. The quantitative estimate of drug-likeness (QED) is 0.737. The molecule has 1 amide bonds. The van der Waals surface area contributed by atoms with Gasteiger partial charge in [0.1, 0.15) is 0 Å². The Morgan fingerprint density at radius 2 is 2.08 bits per heavy atom. The largest absolute Gasteiger partial charge is 0.449 e. The van der Waals surface area contributed by atoms with Gasteiger partial charge in [0.25, 0.3) is 0 Å². The Bertz CT molecular complexity index is 262. The van der Waals surface area contributed by atoms with Gasteiger partial charge in [-0.3, -0.25) is 0 Å². The fourth-order valence-corrected chi connectivity index (χ4v) is 0.963. The molecular formula is C6H12ClNO4S. The van der Waals surface area contributed by atoms with E-state index in [4.69, 9.17) is 10.7 Å². The van der Waals surface area contributed by atoms with Crippen LogP contribution < -0.4 is 4.72 Å². The van der Waals surface area contributed by atoms with Gasteiger partial charge in [0.15, 0.2) is 0 Å². The maximum absolute atomic E-state index is 10.6. The average molecular weight is 230 g/mol. The van der Waals surface area contributed by atoms with E-state index in [0.717, 1.165) is 0 Å². The molecule has 0 saturated carbocycles. The fourth-order valence-electron chi connectivity index (χ4n) is 0.516. The zero-order valence-electron chi connectivity index (χ0n) is 7.41. The van der Waals surface area contributed by atoms with E-state index in [1.807, 2.05) is 13.8 Å². The summed E-state index contributed by atoms with van der Waals surface area (Å²) in [5.41, 5.74) is 0. The Hall–Kier alpha value is -0.490. The molecule has 0 saturated heterocycles. The molecule has 7 heteroatoms. The number of hydrogen-bond acceptors (Lipinski definition) is 4. The smallest absolute Gasteiger partial charge is 0.421 e. The molecular weight excluding hydrogens is 218 g/mol. The molecule has 0 aliphatic carbocycles. The molecule has 0 aliphatic heterocycles. The SMILES string of the molecule is CC(C)CCOC(=O)NS(=O)(=O)Cl. The van der Waals surface area contributed by atoms with Crippen LogP contribution in [0.4, 0.5) is 4.79 Å².